The summed E-state index contributed by atoms with van der Waals surface area (Å²) in [5.74, 6) is -0.132. The summed E-state index contributed by atoms with van der Waals surface area (Å²) in [7, 11) is 0. The molecule has 228 valence electrons. The third-order valence-corrected chi connectivity index (χ3v) is 9.84. The zero-order chi connectivity index (χ0) is 31.8. The van der Waals surface area contributed by atoms with Crippen molar-refractivity contribution in [2.75, 3.05) is 6.61 Å². The van der Waals surface area contributed by atoms with Gasteiger partial charge in [0, 0.05) is 26.2 Å². The van der Waals surface area contributed by atoms with E-state index in [2.05, 4.69) is 97.3 Å². The number of benzene rings is 3. The van der Waals surface area contributed by atoms with Gasteiger partial charge in [-0.2, -0.15) is 0 Å². The molecule has 3 heterocycles. The first-order chi connectivity index (χ1) is 21.7. The standard InChI is InChI=1S/C37H34IN3O3S/c1-6-44-36(43)32-33(26-10-8-7-9-11-26)39-37-41(34(32)27-14-12-25(13-15-27)22(2)3)35(42)31(45-37)21-28-20-23(4)40(24(28)5)30-18-16-29(38)17-19-30/h7-22,34H,6H2,1-5H3/b31-21-/t34-/m1/s1. The third-order valence-electron chi connectivity index (χ3n) is 8.13. The lowest BCUT2D eigenvalue weighted by Gasteiger charge is -2.26. The van der Waals surface area contributed by atoms with E-state index >= 15 is 0 Å². The highest BCUT2D eigenvalue weighted by Crippen LogP contribution is 2.35. The Labute approximate surface area is 280 Å². The molecular formula is C37H34IN3O3S. The molecule has 2 aromatic heterocycles. The second kappa shape index (κ2) is 12.8. The van der Waals surface area contributed by atoms with E-state index in [0.29, 0.717) is 26.5 Å². The Hall–Kier alpha value is -4.02. The molecule has 0 radical (unpaired) electrons. The van der Waals surface area contributed by atoms with E-state index in [1.807, 2.05) is 48.5 Å². The summed E-state index contributed by atoms with van der Waals surface area (Å²) in [4.78, 5) is 33.6. The molecule has 0 spiro atoms. The van der Waals surface area contributed by atoms with E-state index in [1.165, 1.54) is 20.5 Å². The fraction of sp³-hybridized carbons (Fsp3) is 0.216. The van der Waals surface area contributed by atoms with Gasteiger partial charge in [-0.1, -0.05) is 79.8 Å². The monoisotopic (exact) mass is 727 g/mol. The number of esters is 1. The van der Waals surface area contributed by atoms with Gasteiger partial charge >= 0.3 is 5.97 Å². The van der Waals surface area contributed by atoms with E-state index < -0.39 is 12.0 Å². The summed E-state index contributed by atoms with van der Waals surface area (Å²) in [6, 6.07) is 27.6. The molecule has 45 heavy (non-hydrogen) atoms. The summed E-state index contributed by atoms with van der Waals surface area (Å²) < 4.78 is 11.2. The maximum absolute atomic E-state index is 14.4. The molecule has 1 atom stereocenters. The Morgan fingerprint density at radius 3 is 2.36 bits per heavy atom. The van der Waals surface area contributed by atoms with Gasteiger partial charge < -0.3 is 9.30 Å². The largest absolute Gasteiger partial charge is 0.463 e. The van der Waals surface area contributed by atoms with E-state index in [-0.39, 0.29) is 12.2 Å². The number of aryl methyl sites for hydroxylation is 1. The fourth-order valence-electron chi connectivity index (χ4n) is 5.88. The van der Waals surface area contributed by atoms with Gasteiger partial charge in [-0.3, -0.25) is 9.36 Å². The topological polar surface area (TPSA) is 65.6 Å². The second-order valence-electron chi connectivity index (χ2n) is 11.4. The number of rotatable bonds is 7. The highest BCUT2D eigenvalue weighted by atomic mass is 127. The average Bonchev–Trinajstić information content (AvgIpc) is 3.50. The predicted molar refractivity (Wildman–Crippen MR) is 190 cm³/mol. The van der Waals surface area contributed by atoms with Gasteiger partial charge in [-0.15, -0.1) is 0 Å². The number of carbonyl (C=O) groups excluding carboxylic acids is 1. The molecule has 0 bridgehead atoms. The van der Waals surface area contributed by atoms with Crippen molar-refractivity contribution in [3.63, 3.8) is 0 Å². The van der Waals surface area contributed by atoms with Crippen molar-refractivity contribution in [2.45, 2.75) is 46.6 Å². The van der Waals surface area contributed by atoms with Crippen LogP contribution in [-0.2, 0) is 9.53 Å². The zero-order valence-electron chi connectivity index (χ0n) is 25.9. The van der Waals surface area contributed by atoms with Crippen molar-refractivity contribution < 1.29 is 9.53 Å². The van der Waals surface area contributed by atoms with Gasteiger partial charge in [-0.25, -0.2) is 9.79 Å². The van der Waals surface area contributed by atoms with Crippen LogP contribution in [0.25, 0.3) is 17.5 Å². The molecule has 5 aromatic rings. The Morgan fingerprint density at radius 2 is 1.71 bits per heavy atom. The van der Waals surface area contributed by atoms with Crippen LogP contribution in [0, 0.1) is 17.4 Å². The number of aromatic nitrogens is 2. The molecule has 0 unspecified atom stereocenters. The van der Waals surface area contributed by atoms with Crippen LogP contribution in [0.1, 0.15) is 66.4 Å². The first-order valence-electron chi connectivity index (χ1n) is 15.0. The van der Waals surface area contributed by atoms with Gasteiger partial charge in [0.1, 0.15) is 0 Å². The number of ether oxygens (including phenoxy) is 1. The molecule has 0 saturated carbocycles. The number of thiazole rings is 1. The second-order valence-corrected chi connectivity index (χ2v) is 13.6. The van der Waals surface area contributed by atoms with Crippen molar-refractivity contribution in [3.8, 4) is 5.69 Å². The minimum Gasteiger partial charge on any atom is -0.463 e. The van der Waals surface area contributed by atoms with Crippen LogP contribution in [-0.4, -0.2) is 21.7 Å². The van der Waals surface area contributed by atoms with Gasteiger partial charge in [0.2, 0.25) is 0 Å². The Bertz CT molecular complexity index is 2100. The van der Waals surface area contributed by atoms with Gasteiger partial charge in [-0.05, 0) is 102 Å². The number of hydrogen-bond donors (Lipinski definition) is 0. The third kappa shape index (κ3) is 5.89. The highest BCUT2D eigenvalue weighted by Gasteiger charge is 2.35. The molecule has 0 fully saturated rings. The van der Waals surface area contributed by atoms with Crippen molar-refractivity contribution in [1.29, 1.82) is 0 Å². The molecule has 6 rings (SSSR count). The lowest BCUT2D eigenvalue weighted by molar-refractivity contribution is -0.138. The quantitative estimate of drug-likeness (QED) is 0.133. The maximum Gasteiger partial charge on any atom is 0.338 e. The summed E-state index contributed by atoms with van der Waals surface area (Å²) in [6.07, 6.45) is 1.95. The summed E-state index contributed by atoms with van der Waals surface area (Å²) in [6.45, 7) is 10.4. The number of fused-ring (bicyclic) bond motifs is 1. The van der Waals surface area contributed by atoms with Crippen LogP contribution in [0.15, 0.2) is 100 Å². The maximum atomic E-state index is 14.4. The summed E-state index contributed by atoms with van der Waals surface area (Å²) >= 11 is 3.65. The van der Waals surface area contributed by atoms with Crippen LogP contribution in [0.4, 0.5) is 0 Å². The number of halogens is 1. The smallest absolute Gasteiger partial charge is 0.338 e. The van der Waals surface area contributed by atoms with E-state index in [4.69, 9.17) is 9.73 Å². The van der Waals surface area contributed by atoms with E-state index in [1.54, 1.807) is 11.5 Å². The number of hydrogen-bond acceptors (Lipinski definition) is 5. The molecule has 8 heteroatoms. The molecule has 0 amide bonds. The Balaban J connectivity index is 1.59. The SMILES string of the molecule is CCOC(=O)C1=C(c2ccccc2)N=c2s/c(=C\c3cc(C)n(-c4ccc(I)cc4)c3C)c(=O)n2[C@@H]1c1ccc(C(C)C)cc1. The van der Waals surface area contributed by atoms with Crippen molar-refractivity contribution in [1.82, 2.24) is 9.13 Å². The van der Waals surface area contributed by atoms with Gasteiger partial charge in [0.25, 0.3) is 5.56 Å². The fourth-order valence-corrected chi connectivity index (χ4v) is 7.23. The lowest BCUT2D eigenvalue weighted by Crippen LogP contribution is -2.40. The van der Waals surface area contributed by atoms with Crippen LogP contribution < -0.4 is 14.9 Å². The highest BCUT2D eigenvalue weighted by molar-refractivity contribution is 14.1. The average molecular weight is 728 g/mol. The van der Waals surface area contributed by atoms with Gasteiger partial charge in [0.05, 0.1) is 28.5 Å². The first-order valence-corrected chi connectivity index (χ1v) is 16.9. The predicted octanol–water partition coefficient (Wildman–Crippen LogP) is 7.07. The Kier molecular flexibility index (Phi) is 8.79. The van der Waals surface area contributed by atoms with E-state index in [9.17, 15) is 9.59 Å². The molecule has 0 N–H and O–H groups in total. The van der Waals surface area contributed by atoms with Crippen LogP contribution in [0.3, 0.4) is 0 Å². The van der Waals surface area contributed by atoms with E-state index in [0.717, 1.165) is 33.8 Å². The minimum absolute atomic E-state index is 0.190. The minimum atomic E-state index is -0.696. The summed E-state index contributed by atoms with van der Waals surface area (Å²) in [5, 5.41) is 0. The van der Waals surface area contributed by atoms with Crippen molar-refractivity contribution >= 4 is 51.7 Å². The molecule has 1 aliphatic heterocycles. The lowest BCUT2D eigenvalue weighted by atomic mass is 9.91. The van der Waals surface area contributed by atoms with Crippen molar-refractivity contribution in [2.24, 2.45) is 4.99 Å². The molecular weight excluding hydrogens is 693 g/mol. The normalized spacial score (nSPS) is 14.9. The van der Waals surface area contributed by atoms with Gasteiger partial charge in [0.15, 0.2) is 4.80 Å². The molecule has 0 saturated heterocycles. The molecule has 0 aliphatic carbocycles. The van der Waals surface area contributed by atoms with Crippen LogP contribution >= 0.6 is 33.9 Å². The molecule has 6 nitrogen and oxygen atoms in total. The zero-order valence-corrected chi connectivity index (χ0v) is 28.8. The van der Waals surface area contributed by atoms with Crippen LogP contribution in [0.2, 0.25) is 0 Å². The van der Waals surface area contributed by atoms with Crippen molar-refractivity contribution in [3.05, 3.63) is 147 Å². The number of carbonyl (C=O) groups is 1. The Morgan fingerprint density at radius 1 is 1.02 bits per heavy atom. The molecule has 3 aromatic carbocycles. The summed E-state index contributed by atoms with van der Waals surface area (Å²) in [5.41, 5.74) is 7.64. The molecule has 1 aliphatic rings. The number of nitrogens with zero attached hydrogens (tertiary/aromatic N) is 3. The van der Waals surface area contributed by atoms with Crippen LogP contribution in [0.5, 0.6) is 0 Å². The first kappa shape index (κ1) is 31.0.